The highest BCUT2D eigenvalue weighted by molar-refractivity contribution is 5.77. The second-order valence-electron chi connectivity index (χ2n) is 20.7. The average Bonchev–Trinajstić information content (AvgIpc) is 3.33. The monoisotopic (exact) mass is 956 g/mol. The maximum absolute atomic E-state index is 13.3. The number of hydrogen-bond acceptors (Lipinski definition) is 5. The van der Waals surface area contributed by atoms with E-state index in [9.17, 15) is 19.8 Å². The number of nitrogens with one attached hydrogen (secondary N) is 1. The van der Waals surface area contributed by atoms with E-state index >= 15 is 0 Å². The number of esters is 1. The first kappa shape index (κ1) is 66.1. The van der Waals surface area contributed by atoms with E-state index in [1.807, 2.05) is 0 Å². The number of ether oxygens (including phenoxy) is 1. The Bertz CT molecular complexity index is 1120. The molecule has 0 aromatic carbocycles. The Morgan fingerprint density at radius 2 is 0.750 bits per heavy atom. The van der Waals surface area contributed by atoms with Gasteiger partial charge in [-0.15, -0.1) is 0 Å². The Kier molecular flexibility index (Phi) is 54.4. The van der Waals surface area contributed by atoms with Gasteiger partial charge in [0, 0.05) is 6.42 Å². The van der Waals surface area contributed by atoms with E-state index in [0.717, 1.165) is 70.6 Å². The molecule has 68 heavy (non-hydrogen) atoms. The van der Waals surface area contributed by atoms with Crippen LogP contribution in [-0.2, 0) is 14.3 Å². The highest BCUT2D eigenvalue weighted by Crippen LogP contribution is 2.18. The third-order valence-electron chi connectivity index (χ3n) is 13.9. The molecule has 0 saturated heterocycles. The molecule has 0 saturated carbocycles. The standard InChI is InChI=1S/C62H117NO5/c1-4-7-10-13-16-19-22-25-28-31-34-37-40-43-46-49-52-55-62(67)68-58(53-50-47-44-41-38-35-32-29-26-23-20-17-14-11-8-5-2)56-61(66)63-59(57-64)60(65)54-51-48-45-42-39-36-33-30-27-24-21-18-15-12-9-6-3/h16,19,25,28,35,38,58-60,64-65H,4-15,17-18,20-24,26-27,29-34,36-37,39-57H2,1-3H3,(H,63,66)/b19-16-,28-25-,38-35+. The van der Waals surface area contributed by atoms with Gasteiger partial charge in [0.2, 0.25) is 5.91 Å². The van der Waals surface area contributed by atoms with Crippen molar-refractivity contribution in [2.45, 2.75) is 341 Å². The lowest BCUT2D eigenvalue weighted by Gasteiger charge is -2.24. The smallest absolute Gasteiger partial charge is 0.306 e. The van der Waals surface area contributed by atoms with Gasteiger partial charge in [0.05, 0.1) is 25.2 Å². The molecule has 0 aliphatic heterocycles. The van der Waals surface area contributed by atoms with Crippen LogP contribution in [0.25, 0.3) is 0 Å². The summed E-state index contributed by atoms with van der Waals surface area (Å²) < 4.78 is 5.96. The van der Waals surface area contributed by atoms with Crippen LogP contribution in [0.2, 0.25) is 0 Å². The second-order valence-corrected chi connectivity index (χ2v) is 20.7. The maximum Gasteiger partial charge on any atom is 0.306 e. The topological polar surface area (TPSA) is 95.9 Å². The summed E-state index contributed by atoms with van der Waals surface area (Å²) in [7, 11) is 0. The van der Waals surface area contributed by atoms with E-state index in [2.05, 4.69) is 62.5 Å². The van der Waals surface area contributed by atoms with Crippen molar-refractivity contribution in [1.29, 1.82) is 0 Å². The van der Waals surface area contributed by atoms with Crippen LogP contribution in [0.15, 0.2) is 36.5 Å². The molecule has 0 aliphatic carbocycles. The molecule has 0 fully saturated rings. The molecular formula is C62H117NO5. The number of rotatable bonds is 55. The van der Waals surface area contributed by atoms with Gasteiger partial charge in [0.15, 0.2) is 0 Å². The predicted molar refractivity (Wildman–Crippen MR) is 296 cm³/mol. The lowest BCUT2D eigenvalue weighted by Crippen LogP contribution is -2.46. The van der Waals surface area contributed by atoms with E-state index in [1.165, 1.54) is 205 Å². The highest BCUT2D eigenvalue weighted by atomic mass is 16.5. The van der Waals surface area contributed by atoms with Gasteiger partial charge in [-0.1, -0.05) is 263 Å². The van der Waals surface area contributed by atoms with Gasteiger partial charge in [-0.25, -0.2) is 0 Å². The Hall–Kier alpha value is -1.92. The van der Waals surface area contributed by atoms with Crippen molar-refractivity contribution in [3.63, 3.8) is 0 Å². The normalized spacial score (nSPS) is 13.3. The molecule has 6 nitrogen and oxygen atoms in total. The molecule has 0 radical (unpaired) electrons. The van der Waals surface area contributed by atoms with Crippen molar-refractivity contribution in [1.82, 2.24) is 5.32 Å². The zero-order chi connectivity index (χ0) is 49.5. The SMILES string of the molecule is CCCCC/C=C\C/C=C\CCCCCCCCCC(=O)OC(CCCCC/C=C/CCCCCCCCCCC)CC(=O)NC(CO)C(O)CCCCCCCCCCCCCCCCCC. The zero-order valence-corrected chi connectivity index (χ0v) is 45.8. The van der Waals surface area contributed by atoms with Crippen LogP contribution in [0.3, 0.4) is 0 Å². The number of aliphatic hydroxyl groups is 2. The van der Waals surface area contributed by atoms with Gasteiger partial charge >= 0.3 is 5.97 Å². The fraction of sp³-hybridized carbons (Fsp3) is 0.871. The summed E-state index contributed by atoms with van der Waals surface area (Å²) in [5.74, 6) is -0.482. The summed E-state index contributed by atoms with van der Waals surface area (Å²) in [5, 5.41) is 23.9. The summed E-state index contributed by atoms with van der Waals surface area (Å²) in [6.07, 6.45) is 67.8. The number of unbranched alkanes of at least 4 members (excludes halogenated alkanes) is 37. The molecule has 3 N–H and O–H groups in total. The molecule has 0 heterocycles. The number of carbonyl (C=O) groups is 2. The van der Waals surface area contributed by atoms with Crippen molar-refractivity contribution < 1.29 is 24.5 Å². The fourth-order valence-corrected chi connectivity index (χ4v) is 9.34. The van der Waals surface area contributed by atoms with Gasteiger partial charge in [0.25, 0.3) is 0 Å². The molecule has 0 aromatic rings. The molecular weight excluding hydrogens is 839 g/mol. The second kappa shape index (κ2) is 56.0. The summed E-state index contributed by atoms with van der Waals surface area (Å²) in [4.78, 5) is 26.3. The lowest BCUT2D eigenvalue weighted by atomic mass is 10.0. The molecule has 3 atom stereocenters. The van der Waals surface area contributed by atoms with Crippen LogP contribution in [0, 0.1) is 0 Å². The van der Waals surface area contributed by atoms with E-state index in [4.69, 9.17) is 4.74 Å². The summed E-state index contributed by atoms with van der Waals surface area (Å²) in [6.45, 7) is 6.50. The Morgan fingerprint density at radius 1 is 0.426 bits per heavy atom. The zero-order valence-electron chi connectivity index (χ0n) is 45.8. The third-order valence-corrected chi connectivity index (χ3v) is 13.9. The summed E-state index contributed by atoms with van der Waals surface area (Å²) in [5.41, 5.74) is 0. The van der Waals surface area contributed by atoms with Gasteiger partial charge in [-0.2, -0.15) is 0 Å². The van der Waals surface area contributed by atoms with E-state index in [1.54, 1.807) is 0 Å². The first-order valence-electron chi connectivity index (χ1n) is 30.2. The van der Waals surface area contributed by atoms with Crippen LogP contribution >= 0.6 is 0 Å². The molecule has 400 valence electrons. The van der Waals surface area contributed by atoms with Crippen molar-refractivity contribution in [2.75, 3.05) is 6.61 Å². The maximum atomic E-state index is 13.3. The van der Waals surface area contributed by atoms with Crippen LogP contribution in [0.1, 0.15) is 323 Å². The van der Waals surface area contributed by atoms with Crippen molar-refractivity contribution in [3.8, 4) is 0 Å². The number of amides is 1. The average molecular weight is 957 g/mol. The van der Waals surface area contributed by atoms with Gasteiger partial charge in [0.1, 0.15) is 6.10 Å². The largest absolute Gasteiger partial charge is 0.462 e. The molecule has 3 unspecified atom stereocenters. The molecule has 0 aliphatic rings. The van der Waals surface area contributed by atoms with E-state index in [-0.39, 0.29) is 24.9 Å². The molecule has 0 rings (SSSR count). The van der Waals surface area contributed by atoms with Crippen molar-refractivity contribution in [3.05, 3.63) is 36.5 Å². The van der Waals surface area contributed by atoms with Crippen molar-refractivity contribution in [2.24, 2.45) is 0 Å². The van der Waals surface area contributed by atoms with Crippen LogP contribution in [0.4, 0.5) is 0 Å². The summed E-state index contributed by atoms with van der Waals surface area (Å²) >= 11 is 0. The van der Waals surface area contributed by atoms with Crippen molar-refractivity contribution >= 4 is 11.9 Å². The Morgan fingerprint density at radius 3 is 1.18 bits per heavy atom. The molecule has 1 amide bonds. The first-order valence-corrected chi connectivity index (χ1v) is 30.2. The Balaban J connectivity index is 4.55. The van der Waals surface area contributed by atoms with Gasteiger partial charge < -0.3 is 20.3 Å². The molecule has 0 bridgehead atoms. The lowest BCUT2D eigenvalue weighted by molar-refractivity contribution is -0.151. The van der Waals surface area contributed by atoms with Crippen LogP contribution in [0.5, 0.6) is 0 Å². The number of carbonyl (C=O) groups excluding carboxylic acids is 2. The van der Waals surface area contributed by atoms with Gasteiger partial charge in [-0.3, -0.25) is 9.59 Å². The molecule has 6 heteroatoms. The van der Waals surface area contributed by atoms with E-state index < -0.39 is 18.2 Å². The predicted octanol–water partition coefficient (Wildman–Crippen LogP) is 18.8. The fourth-order valence-electron chi connectivity index (χ4n) is 9.34. The highest BCUT2D eigenvalue weighted by Gasteiger charge is 2.24. The quantitative estimate of drug-likeness (QED) is 0.0321. The Labute approximate surface area is 424 Å². The number of hydrogen-bond donors (Lipinski definition) is 3. The van der Waals surface area contributed by atoms with Crippen LogP contribution < -0.4 is 5.32 Å². The summed E-state index contributed by atoms with van der Waals surface area (Å²) in [6, 6.07) is -0.707. The number of allylic oxidation sites excluding steroid dienone is 6. The van der Waals surface area contributed by atoms with Crippen LogP contribution in [-0.4, -0.2) is 46.9 Å². The van der Waals surface area contributed by atoms with Gasteiger partial charge in [-0.05, 0) is 83.5 Å². The minimum absolute atomic E-state index is 0.0670. The minimum Gasteiger partial charge on any atom is -0.462 e. The number of aliphatic hydroxyl groups excluding tert-OH is 2. The minimum atomic E-state index is -0.792. The third kappa shape index (κ3) is 50.5. The first-order chi connectivity index (χ1) is 33.5. The van der Waals surface area contributed by atoms with E-state index in [0.29, 0.717) is 19.3 Å². The molecule has 0 aromatic heterocycles. The molecule has 0 spiro atoms.